The van der Waals surface area contributed by atoms with Gasteiger partial charge in [0.05, 0.1) is 15.9 Å². The summed E-state index contributed by atoms with van der Waals surface area (Å²) < 4.78 is 40.5. The summed E-state index contributed by atoms with van der Waals surface area (Å²) in [7, 11) is -2.28. The van der Waals surface area contributed by atoms with Gasteiger partial charge >= 0.3 is 0 Å². The molecule has 0 bridgehead atoms. The minimum absolute atomic E-state index is 0.0146. The summed E-state index contributed by atoms with van der Waals surface area (Å²) in [6.07, 6.45) is 2.01. The van der Waals surface area contributed by atoms with E-state index in [1.807, 2.05) is 24.3 Å². The molecule has 2 aromatic carbocycles. The number of rotatable bonds is 7. The Labute approximate surface area is 156 Å². The van der Waals surface area contributed by atoms with E-state index in [0.717, 1.165) is 27.5 Å². The Morgan fingerprint density at radius 2 is 1.89 bits per heavy atom. The van der Waals surface area contributed by atoms with Crippen molar-refractivity contribution in [2.24, 2.45) is 0 Å². The highest BCUT2D eigenvalue weighted by atomic mass is 32.2. The van der Waals surface area contributed by atoms with Crippen LogP contribution >= 0.6 is 0 Å². The lowest BCUT2D eigenvalue weighted by Gasteiger charge is -2.17. The summed E-state index contributed by atoms with van der Waals surface area (Å²) in [6, 6.07) is 12.0. The lowest BCUT2D eigenvalue weighted by atomic mass is 10.3. The van der Waals surface area contributed by atoms with Gasteiger partial charge in [0.15, 0.2) is 0 Å². The van der Waals surface area contributed by atoms with Crippen LogP contribution < -0.4 is 5.43 Å². The molecule has 1 aromatic heterocycles. The summed E-state index contributed by atoms with van der Waals surface area (Å²) >= 11 is 0. The Morgan fingerprint density at radius 3 is 2.63 bits per heavy atom. The van der Waals surface area contributed by atoms with Gasteiger partial charge in [0.2, 0.25) is 15.9 Å². The highest BCUT2D eigenvalue weighted by molar-refractivity contribution is 7.89. The minimum atomic E-state index is -3.71. The number of para-hydroxylation sites is 2. The molecular weight excluding hydrogens is 371 g/mol. The molecule has 0 spiro atoms. The maximum atomic E-state index is 13.0. The number of imidazole rings is 1. The molecule has 0 aliphatic carbocycles. The van der Waals surface area contributed by atoms with Crippen molar-refractivity contribution in [3.8, 4) is 0 Å². The molecule has 0 saturated carbocycles. The molecular formula is C18H19FN4O3S. The molecule has 0 aliphatic rings. The molecule has 1 amide bonds. The largest absolute Gasteiger partial charge is 0.273 e. The maximum absolute atomic E-state index is 13.0. The number of hydrogen-bond acceptors (Lipinski definition) is 4. The number of carbonyl (C=O) groups excluding carboxylic acids is 1. The standard InChI is InChI=1S/C18H19FN4O3S/c1-22(27(25,26)15-10-8-14(19)9-11-15)12-4-7-18(24)21-23-13-20-16-5-2-3-6-17(16)23/h2-3,5-6,8-11,13H,4,7,12H2,1H3,(H,21,24). The number of hydrogen-bond donors (Lipinski definition) is 1. The molecule has 0 radical (unpaired) electrons. The number of nitrogens with zero attached hydrogens (tertiary/aromatic N) is 3. The molecule has 142 valence electrons. The van der Waals surface area contributed by atoms with Crippen LogP contribution in [0.15, 0.2) is 59.8 Å². The van der Waals surface area contributed by atoms with Gasteiger partial charge < -0.3 is 0 Å². The average molecular weight is 390 g/mol. The van der Waals surface area contributed by atoms with E-state index in [0.29, 0.717) is 6.42 Å². The number of carbonyl (C=O) groups is 1. The Kier molecular flexibility index (Phi) is 5.52. The fraction of sp³-hybridized carbons (Fsp3) is 0.222. The van der Waals surface area contributed by atoms with Crippen molar-refractivity contribution >= 4 is 27.0 Å². The molecule has 9 heteroatoms. The zero-order valence-electron chi connectivity index (χ0n) is 14.7. The van der Waals surface area contributed by atoms with Gasteiger partial charge in [-0.05, 0) is 42.8 Å². The number of nitrogens with one attached hydrogen (secondary N) is 1. The molecule has 3 rings (SSSR count). The molecule has 0 fully saturated rings. The van der Waals surface area contributed by atoms with Crippen molar-refractivity contribution in [3.63, 3.8) is 0 Å². The molecule has 0 atom stereocenters. The van der Waals surface area contributed by atoms with Crippen LogP contribution in [0.1, 0.15) is 12.8 Å². The van der Waals surface area contributed by atoms with Crippen LogP contribution in [0.4, 0.5) is 4.39 Å². The molecule has 0 unspecified atom stereocenters. The van der Waals surface area contributed by atoms with Gasteiger partial charge in [0.25, 0.3) is 0 Å². The third-order valence-electron chi connectivity index (χ3n) is 4.10. The molecule has 3 aromatic rings. The second kappa shape index (κ2) is 7.85. The van der Waals surface area contributed by atoms with Crippen molar-refractivity contribution in [1.29, 1.82) is 0 Å². The topological polar surface area (TPSA) is 84.3 Å². The third kappa shape index (κ3) is 4.32. The number of aromatic nitrogens is 2. The van der Waals surface area contributed by atoms with E-state index in [1.54, 1.807) is 0 Å². The zero-order valence-corrected chi connectivity index (χ0v) is 15.5. The molecule has 0 aliphatic heterocycles. The van der Waals surface area contributed by atoms with Crippen LogP contribution in [0.3, 0.4) is 0 Å². The molecule has 1 N–H and O–H groups in total. The Morgan fingerprint density at radius 1 is 1.19 bits per heavy atom. The first-order valence-corrected chi connectivity index (χ1v) is 9.76. The Balaban J connectivity index is 1.54. The second-order valence-corrected chi connectivity index (χ2v) is 8.07. The van der Waals surface area contributed by atoms with Gasteiger partial charge in [-0.3, -0.25) is 10.2 Å². The predicted molar refractivity (Wildman–Crippen MR) is 99.6 cm³/mol. The van der Waals surface area contributed by atoms with Crippen LogP contribution in [-0.4, -0.2) is 41.9 Å². The van der Waals surface area contributed by atoms with E-state index in [4.69, 9.17) is 0 Å². The lowest BCUT2D eigenvalue weighted by Crippen LogP contribution is -2.29. The van der Waals surface area contributed by atoms with E-state index in [9.17, 15) is 17.6 Å². The molecule has 7 nitrogen and oxygen atoms in total. The van der Waals surface area contributed by atoms with Gasteiger partial charge in [-0.15, -0.1) is 0 Å². The number of amides is 1. The van der Waals surface area contributed by atoms with Crippen molar-refractivity contribution in [3.05, 3.63) is 60.7 Å². The molecule has 0 saturated heterocycles. The van der Waals surface area contributed by atoms with Crippen molar-refractivity contribution in [1.82, 2.24) is 14.0 Å². The molecule has 1 heterocycles. The van der Waals surface area contributed by atoms with Crippen molar-refractivity contribution in [2.45, 2.75) is 17.7 Å². The van der Waals surface area contributed by atoms with Crippen molar-refractivity contribution in [2.75, 3.05) is 19.0 Å². The molecule has 27 heavy (non-hydrogen) atoms. The number of halogens is 1. The van der Waals surface area contributed by atoms with Gasteiger partial charge in [-0.1, -0.05) is 12.1 Å². The highest BCUT2D eigenvalue weighted by Gasteiger charge is 2.20. The number of sulfonamides is 1. The van der Waals surface area contributed by atoms with Gasteiger partial charge in [0, 0.05) is 20.0 Å². The smallest absolute Gasteiger partial charge is 0.242 e. The fourth-order valence-corrected chi connectivity index (χ4v) is 3.82. The van der Waals surface area contributed by atoms with Crippen LogP contribution in [0.2, 0.25) is 0 Å². The zero-order chi connectivity index (χ0) is 19.4. The van der Waals surface area contributed by atoms with E-state index in [2.05, 4.69) is 10.4 Å². The maximum Gasteiger partial charge on any atom is 0.242 e. The minimum Gasteiger partial charge on any atom is -0.273 e. The van der Waals surface area contributed by atoms with Crippen LogP contribution in [0, 0.1) is 5.82 Å². The van der Waals surface area contributed by atoms with E-state index in [1.165, 1.54) is 30.2 Å². The summed E-state index contributed by atoms with van der Waals surface area (Å²) in [4.78, 5) is 16.3. The van der Waals surface area contributed by atoms with Crippen LogP contribution in [0.5, 0.6) is 0 Å². The summed E-state index contributed by atoms with van der Waals surface area (Å²) in [5.41, 5.74) is 4.27. The normalized spacial score (nSPS) is 11.8. The van der Waals surface area contributed by atoms with E-state index in [-0.39, 0.29) is 23.8 Å². The number of fused-ring (bicyclic) bond motifs is 1. The van der Waals surface area contributed by atoms with E-state index < -0.39 is 15.8 Å². The average Bonchev–Trinajstić information content (AvgIpc) is 3.05. The van der Waals surface area contributed by atoms with Crippen LogP contribution in [0.25, 0.3) is 11.0 Å². The van der Waals surface area contributed by atoms with Crippen molar-refractivity contribution < 1.29 is 17.6 Å². The summed E-state index contributed by atoms with van der Waals surface area (Å²) in [5, 5.41) is 0. The first kappa shape index (κ1) is 19.0. The van der Waals surface area contributed by atoms with Gasteiger partial charge in [0.1, 0.15) is 12.1 Å². The quantitative estimate of drug-likeness (QED) is 0.671. The SMILES string of the molecule is CN(CCCC(=O)Nn1cnc2ccccc21)S(=O)(=O)c1ccc(F)cc1. The predicted octanol–water partition coefficient (Wildman–Crippen LogP) is 2.35. The van der Waals surface area contributed by atoms with Crippen LogP contribution in [-0.2, 0) is 14.8 Å². The third-order valence-corrected chi connectivity index (χ3v) is 5.97. The first-order chi connectivity index (χ1) is 12.9. The fourth-order valence-electron chi connectivity index (χ4n) is 2.61. The first-order valence-electron chi connectivity index (χ1n) is 8.32. The Hall–Kier alpha value is -2.78. The Bertz CT molecular complexity index is 1050. The number of benzene rings is 2. The summed E-state index contributed by atoms with van der Waals surface area (Å²) in [6.45, 7) is 0.164. The second-order valence-electron chi connectivity index (χ2n) is 6.02. The van der Waals surface area contributed by atoms with Gasteiger partial charge in [-0.25, -0.2) is 26.8 Å². The van der Waals surface area contributed by atoms with E-state index >= 15 is 0 Å². The monoisotopic (exact) mass is 390 g/mol. The summed E-state index contributed by atoms with van der Waals surface area (Å²) in [5.74, 6) is -0.744. The lowest BCUT2D eigenvalue weighted by molar-refractivity contribution is -0.117. The highest BCUT2D eigenvalue weighted by Crippen LogP contribution is 2.15. The van der Waals surface area contributed by atoms with Gasteiger partial charge in [-0.2, -0.15) is 0 Å².